The number of aromatic amines is 1. The minimum absolute atomic E-state index is 0.0434. The highest BCUT2D eigenvalue weighted by Gasteiger charge is 2.24. The van der Waals surface area contributed by atoms with Crippen LogP contribution >= 0.6 is 15.9 Å². The van der Waals surface area contributed by atoms with Crippen molar-refractivity contribution >= 4 is 21.8 Å². The van der Waals surface area contributed by atoms with E-state index in [2.05, 4.69) is 31.4 Å². The van der Waals surface area contributed by atoms with Crippen LogP contribution in [0.1, 0.15) is 28.7 Å². The third-order valence-electron chi connectivity index (χ3n) is 4.12. The van der Waals surface area contributed by atoms with Gasteiger partial charge < -0.3 is 15.0 Å². The van der Waals surface area contributed by atoms with Gasteiger partial charge in [-0.05, 0) is 31.2 Å². The number of nitrogens with zero attached hydrogens (tertiary/aromatic N) is 2. The molecule has 7 heteroatoms. The summed E-state index contributed by atoms with van der Waals surface area (Å²) in [5.74, 6) is 0.751. The van der Waals surface area contributed by atoms with E-state index in [0.29, 0.717) is 31.9 Å². The Labute approximate surface area is 149 Å². The van der Waals surface area contributed by atoms with Crippen LogP contribution in [-0.2, 0) is 13.0 Å². The molecule has 6 nitrogen and oxygen atoms in total. The summed E-state index contributed by atoms with van der Waals surface area (Å²) in [4.78, 5) is 14.5. The molecular formula is C17H21BrN4O2. The first-order chi connectivity index (χ1) is 11.7. The van der Waals surface area contributed by atoms with Crippen molar-refractivity contribution in [3.05, 3.63) is 45.7 Å². The molecule has 2 aromatic rings. The van der Waals surface area contributed by atoms with Crippen LogP contribution in [0.4, 0.5) is 0 Å². The second-order valence-electron chi connectivity index (χ2n) is 5.64. The number of nitrogens with one attached hydrogen (secondary N) is 2. The van der Waals surface area contributed by atoms with Gasteiger partial charge >= 0.3 is 0 Å². The predicted molar refractivity (Wildman–Crippen MR) is 95.2 cm³/mol. The number of rotatable bonds is 6. The zero-order valence-corrected chi connectivity index (χ0v) is 15.2. The summed E-state index contributed by atoms with van der Waals surface area (Å²) in [6, 6.07) is 7.66. The zero-order valence-electron chi connectivity index (χ0n) is 13.6. The van der Waals surface area contributed by atoms with Crippen LogP contribution in [0.3, 0.4) is 0 Å². The van der Waals surface area contributed by atoms with Crippen LogP contribution in [-0.4, -0.2) is 47.2 Å². The van der Waals surface area contributed by atoms with Crippen LogP contribution in [0.25, 0.3) is 0 Å². The second-order valence-corrected chi connectivity index (χ2v) is 6.56. The molecule has 0 radical (unpaired) electrons. The van der Waals surface area contributed by atoms with E-state index < -0.39 is 0 Å². The lowest BCUT2D eigenvalue weighted by molar-refractivity contribution is 0.0732. The number of aromatic nitrogens is 2. The normalized spacial score (nSPS) is 13.4. The molecule has 0 unspecified atom stereocenters. The first-order valence-corrected chi connectivity index (χ1v) is 8.92. The van der Waals surface area contributed by atoms with E-state index >= 15 is 0 Å². The molecule has 1 amide bonds. The molecule has 128 valence electrons. The number of fused-ring (bicyclic) bond motifs is 1. The van der Waals surface area contributed by atoms with Gasteiger partial charge in [-0.1, -0.05) is 15.9 Å². The molecule has 1 aromatic carbocycles. The summed E-state index contributed by atoms with van der Waals surface area (Å²) in [5.41, 5.74) is 2.60. The van der Waals surface area contributed by atoms with Crippen molar-refractivity contribution in [2.75, 3.05) is 26.2 Å². The highest BCUT2D eigenvalue weighted by atomic mass is 79.9. The fourth-order valence-corrected chi connectivity index (χ4v) is 3.02. The largest absolute Gasteiger partial charge is 0.492 e. The first-order valence-electron chi connectivity index (χ1n) is 8.13. The number of carbonyl (C=O) groups is 1. The average Bonchev–Trinajstić information content (AvgIpc) is 3.04. The number of hydrogen-bond donors (Lipinski definition) is 2. The van der Waals surface area contributed by atoms with Crippen molar-refractivity contribution in [2.24, 2.45) is 0 Å². The molecule has 2 N–H and O–H groups in total. The molecule has 2 heterocycles. The van der Waals surface area contributed by atoms with E-state index in [-0.39, 0.29) is 5.91 Å². The molecule has 0 aliphatic carbocycles. The number of amides is 1. The summed E-state index contributed by atoms with van der Waals surface area (Å²) in [6.45, 7) is 5.18. The number of H-pyrrole nitrogens is 1. The molecule has 0 bridgehead atoms. The van der Waals surface area contributed by atoms with Crippen LogP contribution < -0.4 is 10.1 Å². The van der Waals surface area contributed by atoms with E-state index in [0.717, 1.165) is 34.4 Å². The quantitative estimate of drug-likeness (QED) is 0.791. The third-order valence-corrected chi connectivity index (χ3v) is 4.65. The van der Waals surface area contributed by atoms with E-state index in [1.54, 1.807) is 4.90 Å². The van der Waals surface area contributed by atoms with Crippen LogP contribution in [0, 0.1) is 0 Å². The maximum absolute atomic E-state index is 12.7. The molecule has 0 saturated heterocycles. The molecule has 1 aliphatic heterocycles. The van der Waals surface area contributed by atoms with E-state index in [4.69, 9.17) is 4.74 Å². The van der Waals surface area contributed by atoms with Gasteiger partial charge in [0.1, 0.15) is 12.4 Å². The topological polar surface area (TPSA) is 70.2 Å². The summed E-state index contributed by atoms with van der Waals surface area (Å²) in [5, 5.41) is 10.5. The molecule has 0 spiro atoms. The van der Waals surface area contributed by atoms with Crippen LogP contribution in [0.2, 0.25) is 0 Å². The van der Waals surface area contributed by atoms with Gasteiger partial charge in [0.2, 0.25) is 0 Å². The maximum Gasteiger partial charge on any atom is 0.274 e. The highest BCUT2D eigenvalue weighted by molar-refractivity contribution is 9.10. The molecule has 3 rings (SSSR count). The Morgan fingerprint density at radius 2 is 2.17 bits per heavy atom. The number of halogens is 1. The fourth-order valence-electron chi connectivity index (χ4n) is 2.76. The van der Waals surface area contributed by atoms with Crippen molar-refractivity contribution in [1.29, 1.82) is 0 Å². The SMILES string of the molecule is CCN(CCOc1ccc(Br)cc1)C(=O)c1n[nH]c2c1CNCC2. The van der Waals surface area contributed by atoms with Gasteiger partial charge in [0, 0.05) is 41.8 Å². The Morgan fingerprint density at radius 3 is 2.92 bits per heavy atom. The van der Waals surface area contributed by atoms with Gasteiger partial charge in [-0.3, -0.25) is 9.89 Å². The number of ether oxygens (including phenoxy) is 1. The van der Waals surface area contributed by atoms with Crippen molar-refractivity contribution in [1.82, 2.24) is 20.4 Å². The summed E-state index contributed by atoms with van der Waals surface area (Å²) in [7, 11) is 0. The summed E-state index contributed by atoms with van der Waals surface area (Å²) < 4.78 is 6.73. The molecule has 0 atom stereocenters. The number of benzene rings is 1. The zero-order chi connectivity index (χ0) is 16.9. The van der Waals surface area contributed by atoms with Crippen molar-refractivity contribution < 1.29 is 9.53 Å². The van der Waals surface area contributed by atoms with Gasteiger partial charge in [0.25, 0.3) is 5.91 Å². The summed E-state index contributed by atoms with van der Waals surface area (Å²) >= 11 is 3.40. The summed E-state index contributed by atoms with van der Waals surface area (Å²) in [6.07, 6.45) is 0.883. The van der Waals surface area contributed by atoms with E-state index in [9.17, 15) is 4.79 Å². The molecule has 1 aromatic heterocycles. The average molecular weight is 393 g/mol. The highest BCUT2D eigenvalue weighted by Crippen LogP contribution is 2.18. The third kappa shape index (κ3) is 3.79. The number of carbonyl (C=O) groups excluding carboxylic acids is 1. The molecule has 0 fully saturated rings. The Hall–Kier alpha value is -1.86. The van der Waals surface area contributed by atoms with Gasteiger partial charge in [-0.25, -0.2) is 0 Å². The molecular weight excluding hydrogens is 372 g/mol. The Kier molecular flexibility index (Phi) is 5.52. The minimum atomic E-state index is -0.0434. The van der Waals surface area contributed by atoms with Crippen LogP contribution in [0.5, 0.6) is 5.75 Å². The minimum Gasteiger partial charge on any atom is -0.492 e. The monoisotopic (exact) mass is 392 g/mol. The van der Waals surface area contributed by atoms with Gasteiger partial charge in [-0.15, -0.1) is 0 Å². The predicted octanol–water partition coefficient (Wildman–Crippen LogP) is 2.36. The van der Waals surface area contributed by atoms with Crippen molar-refractivity contribution in [2.45, 2.75) is 19.9 Å². The number of likely N-dealkylation sites (N-methyl/N-ethyl adjacent to an activating group) is 1. The van der Waals surface area contributed by atoms with Crippen molar-refractivity contribution in [3.63, 3.8) is 0 Å². The molecule has 1 aliphatic rings. The standard InChI is InChI=1S/C17H21BrN4O2/c1-2-22(9-10-24-13-5-3-12(18)4-6-13)17(23)16-14-11-19-8-7-15(14)20-21-16/h3-6,19H,2,7-11H2,1H3,(H,20,21). The van der Waals surface area contributed by atoms with E-state index in [1.807, 2.05) is 31.2 Å². The van der Waals surface area contributed by atoms with Gasteiger partial charge in [0.05, 0.1) is 6.54 Å². The molecule has 24 heavy (non-hydrogen) atoms. The fraction of sp³-hybridized carbons (Fsp3) is 0.412. The van der Waals surface area contributed by atoms with Gasteiger partial charge in [-0.2, -0.15) is 5.10 Å². The molecule has 0 saturated carbocycles. The van der Waals surface area contributed by atoms with Crippen molar-refractivity contribution in [3.8, 4) is 5.75 Å². The number of hydrogen-bond acceptors (Lipinski definition) is 4. The Morgan fingerprint density at radius 1 is 1.38 bits per heavy atom. The maximum atomic E-state index is 12.7. The lowest BCUT2D eigenvalue weighted by Gasteiger charge is -2.21. The Balaban J connectivity index is 1.60. The van der Waals surface area contributed by atoms with Gasteiger partial charge in [0.15, 0.2) is 5.69 Å². The Bertz CT molecular complexity index is 699. The first kappa shape index (κ1) is 17.0. The lowest BCUT2D eigenvalue weighted by Crippen LogP contribution is -2.36. The van der Waals surface area contributed by atoms with Crippen LogP contribution in [0.15, 0.2) is 28.7 Å². The second kappa shape index (κ2) is 7.81. The van der Waals surface area contributed by atoms with E-state index in [1.165, 1.54) is 0 Å². The smallest absolute Gasteiger partial charge is 0.274 e. The lowest BCUT2D eigenvalue weighted by atomic mass is 10.1.